The number of hydrogen-bond donors (Lipinski definition) is 2. The molecule has 0 amide bonds. The molecule has 0 saturated carbocycles. The summed E-state index contributed by atoms with van der Waals surface area (Å²) in [4.78, 5) is 2.09. The fourth-order valence-electron chi connectivity index (χ4n) is 1.30. The normalized spacial score (nSPS) is 12.3. The lowest BCUT2D eigenvalue weighted by Gasteiger charge is -2.14. The van der Waals surface area contributed by atoms with Gasteiger partial charge >= 0.3 is 0 Å². The highest BCUT2D eigenvalue weighted by Gasteiger charge is 2.03. The van der Waals surface area contributed by atoms with Gasteiger partial charge in [-0.25, -0.2) is 0 Å². The molecule has 0 fully saturated rings. The quantitative estimate of drug-likeness (QED) is 0.311. The molecule has 0 unspecified atom stereocenters. The molecule has 84 valence electrons. The fourth-order valence-corrected chi connectivity index (χ4v) is 1.30. The first-order valence-corrected chi connectivity index (χ1v) is 4.74. The summed E-state index contributed by atoms with van der Waals surface area (Å²) in [5, 5.41) is 15.4. The van der Waals surface area contributed by atoms with Crippen molar-refractivity contribution in [3.05, 3.63) is 18.0 Å². The van der Waals surface area contributed by atoms with Crippen molar-refractivity contribution in [3.8, 4) is 0 Å². The van der Waals surface area contributed by atoms with Crippen molar-refractivity contribution in [1.29, 1.82) is 0 Å². The number of rotatable bonds is 5. The second kappa shape index (κ2) is 5.35. The third-order valence-corrected chi connectivity index (χ3v) is 2.09. The molecule has 0 bridgehead atoms. The minimum atomic E-state index is 0.257. The average molecular weight is 211 g/mol. The molecule has 15 heavy (non-hydrogen) atoms. The predicted octanol–water partition coefficient (Wildman–Crippen LogP) is -0.0116. The summed E-state index contributed by atoms with van der Waals surface area (Å²) in [6.45, 7) is 1.57. The van der Waals surface area contributed by atoms with E-state index in [1.54, 1.807) is 4.68 Å². The van der Waals surface area contributed by atoms with Gasteiger partial charge in [-0.2, -0.15) is 5.10 Å². The van der Waals surface area contributed by atoms with E-state index in [0.717, 1.165) is 18.7 Å². The summed E-state index contributed by atoms with van der Waals surface area (Å²) in [6.07, 6.45) is 4.37. The van der Waals surface area contributed by atoms with Gasteiger partial charge < -0.3 is 15.8 Å². The number of nitrogens with two attached hydrogens (primary N) is 1. The third-order valence-electron chi connectivity index (χ3n) is 2.09. The van der Waals surface area contributed by atoms with Crippen molar-refractivity contribution in [2.24, 2.45) is 17.9 Å². The van der Waals surface area contributed by atoms with Crippen LogP contribution in [0, 0.1) is 0 Å². The molecule has 0 aromatic carbocycles. The molecule has 1 rings (SSSR count). The van der Waals surface area contributed by atoms with Crippen LogP contribution in [0.25, 0.3) is 0 Å². The van der Waals surface area contributed by atoms with Crippen LogP contribution in [0.4, 0.5) is 0 Å². The van der Waals surface area contributed by atoms with E-state index in [2.05, 4.69) is 15.2 Å². The van der Waals surface area contributed by atoms with Crippen molar-refractivity contribution < 1.29 is 5.21 Å². The Balaban J connectivity index is 2.33. The minimum absolute atomic E-state index is 0.257. The zero-order chi connectivity index (χ0) is 11.3. The minimum Gasteiger partial charge on any atom is -0.409 e. The van der Waals surface area contributed by atoms with Gasteiger partial charge in [0.05, 0.1) is 6.20 Å². The van der Waals surface area contributed by atoms with Crippen LogP contribution >= 0.6 is 0 Å². The predicted molar refractivity (Wildman–Crippen MR) is 57.6 cm³/mol. The van der Waals surface area contributed by atoms with Crippen molar-refractivity contribution in [1.82, 2.24) is 14.7 Å². The van der Waals surface area contributed by atoms with Crippen LogP contribution in [0.3, 0.4) is 0 Å². The third kappa shape index (κ3) is 3.99. The number of aromatic nitrogens is 2. The van der Waals surface area contributed by atoms with Crippen molar-refractivity contribution in [2.75, 3.05) is 13.6 Å². The van der Waals surface area contributed by atoms with Gasteiger partial charge in [0.15, 0.2) is 0 Å². The Bertz CT molecular complexity index is 333. The summed E-state index contributed by atoms with van der Waals surface area (Å²) in [5.41, 5.74) is 6.53. The first kappa shape index (κ1) is 11.5. The van der Waals surface area contributed by atoms with Gasteiger partial charge in [0, 0.05) is 38.3 Å². The number of oxime groups is 1. The molecule has 1 aromatic heterocycles. The van der Waals surface area contributed by atoms with Gasteiger partial charge in [0.1, 0.15) is 5.84 Å². The molecule has 0 saturated heterocycles. The Hall–Kier alpha value is -1.56. The molecule has 0 atom stereocenters. The molecular weight excluding hydrogens is 194 g/mol. The van der Waals surface area contributed by atoms with Crippen LogP contribution < -0.4 is 5.73 Å². The summed E-state index contributed by atoms with van der Waals surface area (Å²) < 4.78 is 1.77. The summed E-state index contributed by atoms with van der Waals surface area (Å²) in [5.74, 6) is 0.257. The van der Waals surface area contributed by atoms with Gasteiger partial charge in [0.2, 0.25) is 0 Å². The Morgan fingerprint density at radius 1 is 1.73 bits per heavy atom. The second-order valence-corrected chi connectivity index (χ2v) is 3.60. The number of aryl methyl sites for hydroxylation is 1. The number of hydrogen-bond acceptors (Lipinski definition) is 4. The topological polar surface area (TPSA) is 79.7 Å². The Kier molecular flexibility index (Phi) is 4.11. The Labute approximate surface area is 89.0 Å². The number of amidine groups is 1. The maximum atomic E-state index is 8.37. The Morgan fingerprint density at radius 3 is 3.00 bits per heavy atom. The van der Waals surface area contributed by atoms with E-state index in [9.17, 15) is 0 Å². The maximum absolute atomic E-state index is 8.37. The van der Waals surface area contributed by atoms with Crippen LogP contribution in [0.15, 0.2) is 17.5 Å². The average Bonchev–Trinajstić information content (AvgIpc) is 2.60. The fraction of sp³-hybridized carbons (Fsp3) is 0.556. The largest absolute Gasteiger partial charge is 0.409 e. The van der Waals surface area contributed by atoms with Crippen LogP contribution in [-0.2, 0) is 13.6 Å². The smallest absolute Gasteiger partial charge is 0.140 e. The van der Waals surface area contributed by atoms with E-state index in [1.165, 1.54) is 0 Å². The highest BCUT2D eigenvalue weighted by molar-refractivity contribution is 5.79. The number of nitrogens with zero attached hydrogens (tertiary/aromatic N) is 4. The van der Waals surface area contributed by atoms with Gasteiger partial charge in [-0.1, -0.05) is 5.16 Å². The van der Waals surface area contributed by atoms with Crippen LogP contribution in [0.1, 0.15) is 12.0 Å². The van der Waals surface area contributed by atoms with Crippen molar-refractivity contribution >= 4 is 5.84 Å². The van der Waals surface area contributed by atoms with Gasteiger partial charge in [-0.3, -0.25) is 4.68 Å². The molecule has 1 aromatic rings. The van der Waals surface area contributed by atoms with E-state index in [-0.39, 0.29) is 5.84 Å². The summed E-state index contributed by atoms with van der Waals surface area (Å²) in [7, 11) is 3.87. The molecule has 0 spiro atoms. The second-order valence-electron chi connectivity index (χ2n) is 3.60. The standard InChI is InChI=1S/C9H17N5O/c1-13(4-3-9(10)12-15)6-8-5-11-14(2)7-8/h5,7,15H,3-4,6H2,1-2H3,(H2,10,12). The van der Waals surface area contributed by atoms with Crippen molar-refractivity contribution in [3.63, 3.8) is 0 Å². The molecule has 6 nitrogen and oxygen atoms in total. The zero-order valence-electron chi connectivity index (χ0n) is 9.09. The monoisotopic (exact) mass is 211 g/mol. The summed E-state index contributed by atoms with van der Waals surface area (Å²) >= 11 is 0. The molecule has 0 radical (unpaired) electrons. The van der Waals surface area contributed by atoms with Crippen molar-refractivity contribution in [2.45, 2.75) is 13.0 Å². The maximum Gasteiger partial charge on any atom is 0.140 e. The van der Waals surface area contributed by atoms with Crippen LogP contribution in [0.2, 0.25) is 0 Å². The van der Waals surface area contributed by atoms with Crippen LogP contribution in [-0.4, -0.2) is 39.3 Å². The molecule has 3 N–H and O–H groups in total. The van der Waals surface area contributed by atoms with E-state index in [1.807, 2.05) is 26.5 Å². The van der Waals surface area contributed by atoms with E-state index < -0.39 is 0 Å². The lowest BCUT2D eigenvalue weighted by molar-refractivity contribution is 0.309. The molecule has 0 aliphatic heterocycles. The first-order valence-electron chi connectivity index (χ1n) is 4.74. The SMILES string of the molecule is CN(CC/C(N)=N/O)Cc1cnn(C)c1. The molecule has 0 aliphatic rings. The van der Waals surface area contributed by atoms with Gasteiger partial charge in [-0.05, 0) is 7.05 Å². The molecule has 1 heterocycles. The highest BCUT2D eigenvalue weighted by Crippen LogP contribution is 2.01. The first-order chi connectivity index (χ1) is 7.11. The lowest BCUT2D eigenvalue weighted by atomic mass is 10.3. The lowest BCUT2D eigenvalue weighted by Crippen LogP contribution is -2.24. The van der Waals surface area contributed by atoms with Gasteiger partial charge in [-0.15, -0.1) is 0 Å². The zero-order valence-corrected chi connectivity index (χ0v) is 9.09. The molecule has 6 heteroatoms. The molecular formula is C9H17N5O. The Morgan fingerprint density at radius 2 is 2.47 bits per heavy atom. The van der Waals surface area contributed by atoms with Crippen LogP contribution in [0.5, 0.6) is 0 Å². The highest BCUT2D eigenvalue weighted by atomic mass is 16.4. The summed E-state index contributed by atoms with van der Waals surface area (Å²) in [6, 6.07) is 0. The molecule has 0 aliphatic carbocycles. The van der Waals surface area contributed by atoms with E-state index >= 15 is 0 Å². The van der Waals surface area contributed by atoms with E-state index in [4.69, 9.17) is 10.9 Å². The van der Waals surface area contributed by atoms with Gasteiger partial charge in [0.25, 0.3) is 0 Å². The van der Waals surface area contributed by atoms with E-state index in [0.29, 0.717) is 6.42 Å².